The number of unbranched alkanes of at least 4 members (excludes halogenated alkanes) is 46. The third kappa shape index (κ3) is 67.9. The Kier molecular flexibility index (Phi) is 68.1. The molecule has 6 nitrogen and oxygen atoms in total. The van der Waals surface area contributed by atoms with E-state index in [1.807, 2.05) is 6.08 Å². The van der Waals surface area contributed by atoms with Crippen LogP contribution >= 0.6 is 0 Å². The van der Waals surface area contributed by atoms with Gasteiger partial charge in [-0.3, -0.25) is 14.4 Å². The van der Waals surface area contributed by atoms with Crippen LogP contribution in [0.15, 0.2) is 60.8 Å². The maximum atomic E-state index is 12.9. The van der Waals surface area contributed by atoms with Crippen LogP contribution in [0.1, 0.15) is 387 Å². The number of esters is 3. The zero-order valence-electron chi connectivity index (χ0n) is 55.0. The fourth-order valence-electron chi connectivity index (χ4n) is 10.9. The smallest absolute Gasteiger partial charge is 0.306 e. The molecule has 0 heterocycles. The molecule has 0 N–H and O–H groups in total. The first-order valence-electron chi connectivity index (χ1n) is 36.3. The molecule has 0 bridgehead atoms. The molecule has 0 spiro atoms. The number of allylic oxidation sites excluding steroid dienone is 10. The molecule has 1 atom stereocenters. The largest absolute Gasteiger partial charge is 0.462 e. The minimum Gasteiger partial charge on any atom is -0.462 e. The summed E-state index contributed by atoms with van der Waals surface area (Å²) in [7, 11) is 0. The monoisotopic (exact) mass is 1150 g/mol. The highest BCUT2D eigenvalue weighted by Gasteiger charge is 2.19. The Morgan fingerprint density at radius 1 is 0.256 bits per heavy atom. The van der Waals surface area contributed by atoms with E-state index >= 15 is 0 Å². The third-order valence-electron chi connectivity index (χ3n) is 16.3. The first-order chi connectivity index (χ1) is 40.5. The molecule has 0 amide bonds. The first-order valence-corrected chi connectivity index (χ1v) is 36.3. The van der Waals surface area contributed by atoms with Gasteiger partial charge >= 0.3 is 17.9 Å². The summed E-state index contributed by atoms with van der Waals surface area (Å²) >= 11 is 0. The van der Waals surface area contributed by atoms with Crippen LogP contribution in [0.4, 0.5) is 0 Å². The maximum absolute atomic E-state index is 12.9. The van der Waals surface area contributed by atoms with Crippen LogP contribution < -0.4 is 0 Å². The highest BCUT2D eigenvalue weighted by Crippen LogP contribution is 2.19. The van der Waals surface area contributed by atoms with Gasteiger partial charge in [-0.1, -0.05) is 358 Å². The summed E-state index contributed by atoms with van der Waals surface area (Å²) in [5.74, 6) is -0.952. The van der Waals surface area contributed by atoms with Gasteiger partial charge in [0.2, 0.25) is 0 Å². The Labute approximate surface area is 510 Å². The number of hydrogen-bond donors (Lipinski definition) is 0. The van der Waals surface area contributed by atoms with Crippen molar-refractivity contribution in [3.63, 3.8) is 0 Å². The summed E-state index contributed by atoms with van der Waals surface area (Å²) in [6, 6.07) is 0. The quantitative estimate of drug-likeness (QED) is 0.0261. The molecule has 0 aliphatic heterocycles. The zero-order valence-corrected chi connectivity index (χ0v) is 55.0. The van der Waals surface area contributed by atoms with Crippen molar-refractivity contribution >= 4 is 17.9 Å². The van der Waals surface area contributed by atoms with Crippen LogP contribution in [0.5, 0.6) is 0 Å². The summed E-state index contributed by atoms with van der Waals surface area (Å²) < 4.78 is 16.9. The Balaban J connectivity index is 4.18. The van der Waals surface area contributed by atoms with Gasteiger partial charge in [0.15, 0.2) is 6.10 Å². The molecule has 0 aliphatic carbocycles. The van der Waals surface area contributed by atoms with Gasteiger partial charge in [-0.2, -0.15) is 0 Å². The first kappa shape index (κ1) is 79.1. The average molecular weight is 1150 g/mol. The summed E-state index contributed by atoms with van der Waals surface area (Å²) in [5.41, 5.74) is 0. The lowest BCUT2D eigenvalue weighted by Gasteiger charge is -2.18. The number of carbonyl (C=O) groups is 3. The van der Waals surface area contributed by atoms with E-state index in [4.69, 9.17) is 14.2 Å². The number of ether oxygens (including phenoxy) is 3. The van der Waals surface area contributed by atoms with Gasteiger partial charge in [-0.05, 0) is 70.6 Å². The molecule has 0 radical (unpaired) electrons. The number of carbonyl (C=O) groups excluding carboxylic acids is 3. The summed E-state index contributed by atoms with van der Waals surface area (Å²) in [6.07, 6.45) is 91.5. The van der Waals surface area contributed by atoms with Crippen molar-refractivity contribution in [2.45, 2.75) is 393 Å². The van der Waals surface area contributed by atoms with Crippen LogP contribution in [-0.4, -0.2) is 37.2 Å². The van der Waals surface area contributed by atoms with Crippen LogP contribution in [0, 0.1) is 0 Å². The normalized spacial score (nSPS) is 12.4. The minimum atomic E-state index is -0.801. The fourth-order valence-corrected chi connectivity index (χ4v) is 10.9. The van der Waals surface area contributed by atoms with Crippen molar-refractivity contribution < 1.29 is 28.6 Å². The number of rotatable bonds is 67. The highest BCUT2D eigenvalue weighted by atomic mass is 16.6. The molecular formula is C76H138O6. The van der Waals surface area contributed by atoms with E-state index < -0.39 is 6.10 Å². The molecule has 0 aromatic carbocycles. The van der Waals surface area contributed by atoms with Crippen molar-refractivity contribution in [2.75, 3.05) is 13.2 Å². The van der Waals surface area contributed by atoms with Crippen molar-refractivity contribution in [1.29, 1.82) is 0 Å². The van der Waals surface area contributed by atoms with Crippen molar-refractivity contribution in [1.82, 2.24) is 0 Å². The van der Waals surface area contributed by atoms with Crippen LogP contribution in [-0.2, 0) is 28.6 Å². The zero-order chi connectivity index (χ0) is 59.2. The Bertz CT molecular complexity index is 1460. The van der Waals surface area contributed by atoms with Gasteiger partial charge in [0, 0.05) is 19.3 Å². The Morgan fingerprint density at radius 3 is 0.817 bits per heavy atom. The predicted octanol–water partition coefficient (Wildman–Crippen LogP) is 25.1. The topological polar surface area (TPSA) is 78.9 Å². The van der Waals surface area contributed by atoms with Gasteiger partial charge in [-0.15, -0.1) is 0 Å². The predicted molar refractivity (Wildman–Crippen MR) is 358 cm³/mol. The molecule has 0 saturated heterocycles. The van der Waals surface area contributed by atoms with E-state index in [0.29, 0.717) is 19.3 Å². The van der Waals surface area contributed by atoms with E-state index in [-0.39, 0.29) is 37.5 Å². The van der Waals surface area contributed by atoms with E-state index in [9.17, 15) is 14.4 Å². The Morgan fingerprint density at radius 2 is 0.500 bits per heavy atom. The second kappa shape index (κ2) is 70.6. The lowest BCUT2D eigenvalue weighted by molar-refractivity contribution is -0.166. The molecule has 6 heteroatoms. The van der Waals surface area contributed by atoms with E-state index in [2.05, 4.69) is 75.5 Å². The van der Waals surface area contributed by atoms with Crippen LogP contribution in [0.25, 0.3) is 0 Å². The van der Waals surface area contributed by atoms with Crippen molar-refractivity contribution in [3.8, 4) is 0 Å². The van der Waals surface area contributed by atoms with Crippen molar-refractivity contribution in [2.24, 2.45) is 0 Å². The molecule has 0 aromatic heterocycles. The maximum Gasteiger partial charge on any atom is 0.306 e. The average Bonchev–Trinajstić information content (AvgIpc) is 3.47. The fraction of sp³-hybridized carbons (Fsp3) is 0.829. The van der Waals surface area contributed by atoms with Gasteiger partial charge in [0.25, 0.3) is 0 Å². The minimum absolute atomic E-state index is 0.0912. The molecule has 0 fully saturated rings. The van der Waals surface area contributed by atoms with Gasteiger partial charge in [-0.25, -0.2) is 0 Å². The second-order valence-corrected chi connectivity index (χ2v) is 24.5. The second-order valence-electron chi connectivity index (χ2n) is 24.5. The molecule has 0 saturated carbocycles. The lowest BCUT2D eigenvalue weighted by atomic mass is 10.0. The van der Waals surface area contributed by atoms with E-state index in [0.717, 1.165) is 64.2 Å². The standard InChI is InChI=1S/C76H138O6/c1-4-7-10-13-16-19-22-25-27-29-31-33-34-35-36-37-38-39-40-41-42-43-45-46-48-51-54-57-60-63-66-69-75(78)81-72-73(71-80-74(77)68-65-62-59-56-53-50-24-21-18-15-12-9-6-3)82-76(79)70-67-64-61-58-55-52-49-47-44-32-30-28-26-23-20-17-14-11-8-5-2/h9,12,18,21,29,31,50,53,59,62,73H,4-8,10-11,13-17,19-20,22-28,30,32-49,51-52,54-58,60-61,63-72H2,1-3H3/b12-9-,21-18-,31-29-,53-50-,62-59-. The molecule has 0 rings (SSSR count). The molecule has 0 aromatic rings. The molecule has 0 aliphatic rings. The lowest BCUT2D eigenvalue weighted by Crippen LogP contribution is -2.30. The van der Waals surface area contributed by atoms with Crippen LogP contribution in [0.3, 0.4) is 0 Å². The van der Waals surface area contributed by atoms with Gasteiger partial charge in [0.1, 0.15) is 13.2 Å². The summed E-state index contributed by atoms with van der Waals surface area (Å²) in [6.45, 7) is 6.53. The molecular weight excluding hydrogens is 1010 g/mol. The van der Waals surface area contributed by atoms with Crippen LogP contribution in [0.2, 0.25) is 0 Å². The number of hydrogen-bond acceptors (Lipinski definition) is 6. The highest BCUT2D eigenvalue weighted by molar-refractivity contribution is 5.71. The molecule has 1 unspecified atom stereocenters. The third-order valence-corrected chi connectivity index (χ3v) is 16.3. The summed E-state index contributed by atoms with van der Waals surface area (Å²) in [5, 5.41) is 0. The van der Waals surface area contributed by atoms with Gasteiger partial charge in [0.05, 0.1) is 0 Å². The van der Waals surface area contributed by atoms with E-state index in [1.165, 1.54) is 276 Å². The molecule has 478 valence electrons. The SMILES string of the molecule is CC/C=C\C/C=C\C/C=C\C/C=C\CCC(=O)OCC(COC(=O)CCCCCCCCCCCCCCCCCCCCC/C=C\CCCCCCCCCC)OC(=O)CCCCCCCCCCCCCCCCCCCCCC. The Hall–Kier alpha value is -2.89. The van der Waals surface area contributed by atoms with E-state index in [1.54, 1.807) is 0 Å². The van der Waals surface area contributed by atoms with Crippen molar-refractivity contribution in [3.05, 3.63) is 60.8 Å². The summed E-state index contributed by atoms with van der Waals surface area (Å²) in [4.78, 5) is 38.4. The molecule has 82 heavy (non-hydrogen) atoms. The van der Waals surface area contributed by atoms with Gasteiger partial charge < -0.3 is 14.2 Å².